The molecule has 0 fully saturated rings. The number of amides is 1. The number of benzene rings is 1. The number of nitrogens with zero attached hydrogens (tertiary/aromatic N) is 2. The number of likely N-dealkylation sites (N-methyl/N-ethyl adjacent to an activating group) is 1. The van der Waals surface area contributed by atoms with Crippen LogP contribution in [-0.2, 0) is 22.6 Å². The first-order valence-corrected chi connectivity index (χ1v) is 13.4. The Morgan fingerprint density at radius 3 is 2.22 bits per heavy atom. The van der Waals surface area contributed by atoms with Gasteiger partial charge in [0.2, 0.25) is 5.78 Å². The normalized spacial score (nSPS) is 28.0. The fourth-order valence-electron chi connectivity index (χ4n) is 6.43. The standard InChI is InChI=1S/C29H40N4O8/c1-27(2,3)12-31-11-14-9-16(32(4)5)15-8-13-10-17-28(40,23(36)18(13)22(35)19(15)21(14)34)24(37)20(26(30)39)25(38)29(17,41)33(6)7/h9,13,17,31,34,36,38,40-41H,8,10-12H2,1-7H3,(H2,30,39)/t13-,17+,28-,29+/m0/s1. The number of carbonyl (C=O) groups is 3. The molecule has 224 valence electrons. The van der Waals surface area contributed by atoms with Gasteiger partial charge in [-0.25, -0.2) is 0 Å². The number of nitrogens with one attached hydrogen (secondary N) is 1. The van der Waals surface area contributed by atoms with Gasteiger partial charge in [-0.15, -0.1) is 0 Å². The van der Waals surface area contributed by atoms with E-state index in [1.807, 2.05) is 0 Å². The van der Waals surface area contributed by atoms with Crippen LogP contribution < -0.4 is 16.0 Å². The van der Waals surface area contributed by atoms with Gasteiger partial charge in [0.05, 0.1) is 11.5 Å². The summed E-state index contributed by atoms with van der Waals surface area (Å²) in [5.41, 5.74) is 0.0952. The number of fused-ring (bicyclic) bond motifs is 3. The van der Waals surface area contributed by atoms with Gasteiger partial charge in [-0.05, 0) is 49.9 Å². The van der Waals surface area contributed by atoms with Crippen LogP contribution in [0.25, 0.3) is 0 Å². The number of hydrogen-bond donors (Lipinski definition) is 7. The summed E-state index contributed by atoms with van der Waals surface area (Å²) in [6, 6.07) is 1.79. The minimum atomic E-state index is -2.94. The molecule has 0 aliphatic heterocycles. The predicted octanol–water partition coefficient (Wildman–Crippen LogP) is 0.642. The van der Waals surface area contributed by atoms with Gasteiger partial charge in [0, 0.05) is 44.0 Å². The van der Waals surface area contributed by atoms with E-state index in [-0.39, 0.29) is 41.7 Å². The number of Topliss-reactive ketones (excluding diaryl/α,β-unsaturated/α-hetero) is 2. The average molecular weight is 573 g/mol. The fraction of sp³-hybridized carbons (Fsp3) is 0.552. The van der Waals surface area contributed by atoms with Gasteiger partial charge in [0.1, 0.15) is 17.1 Å². The van der Waals surface area contributed by atoms with E-state index in [1.165, 1.54) is 14.1 Å². The molecule has 4 atom stereocenters. The third-order valence-corrected chi connectivity index (χ3v) is 8.46. The second-order valence-electron chi connectivity index (χ2n) is 12.9. The second-order valence-corrected chi connectivity index (χ2v) is 12.9. The smallest absolute Gasteiger partial charge is 0.256 e. The molecule has 12 nitrogen and oxygen atoms in total. The first-order valence-electron chi connectivity index (χ1n) is 13.4. The molecular formula is C29H40N4O8. The number of allylic oxidation sites excluding steroid dienone is 1. The first kappa shape index (κ1) is 30.5. The molecule has 3 aliphatic carbocycles. The van der Waals surface area contributed by atoms with Crippen molar-refractivity contribution in [2.45, 2.75) is 51.5 Å². The van der Waals surface area contributed by atoms with E-state index in [2.05, 4.69) is 26.1 Å². The van der Waals surface area contributed by atoms with Crippen LogP contribution >= 0.6 is 0 Å². The summed E-state index contributed by atoms with van der Waals surface area (Å²) in [7, 11) is 6.32. The number of carbonyl (C=O) groups excluding carboxylic acids is 3. The van der Waals surface area contributed by atoms with Gasteiger partial charge in [0.15, 0.2) is 22.9 Å². The molecule has 3 aliphatic rings. The van der Waals surface area contributed by atoms with Crippen molar-refractivity contribution >= 4 is 23.2 Å². The van der Waals surface area contributed by atoms with Crippen LogP contribution in [0.5, 0.6) is 5.75 Å². The van der Waals surface area contributed by atoms with E-state index in [9.17, 15) is 39.9 Å². The lowest BCUT2D eigenvalue weighted by Gasteiger charge is -2.54. The minimum Gasteiger partial charge on any atom is -0.508 e. The molecule has 8 N–H and O–H groups in total. The number of aliphatic hydroxyl groups excluding tert-OH is 2. The van der Waals surface area contributed by atoms with E-state index in [0.717, 1.165) is 4.90 Å². The largest absolute Gasteiger partial charge is 0.508 e. The lowest BCUT2D eigenvalue weighted by atomic mass is 9.57. The third kappa shape index (κ3) is 4.40. The molecule has 0 spiro atoms. The Labute approximate surface area is 238 Å². The Kier molecular flexibility index (Phi) is 7.31. The first-order chi connectivity index (χ1) is 18.8. The van der Waals surface area contributed by atoms with Crippen molar-refractivity contribution in [1.82, 2.24) is 10.2 Å². The number of rotatable bonds is 6. The summed E-state index contributed by atoms with van der Waals surface area (Å²) in [6.07, 6.45) is -0.102. The number of aromatic hydroxyl groups is 1. The van der Waals surface area contributed by atoms with Gasteiger partial charge in [-0.1, -0.05) is 20.8 Å². The van der Waals surface area contributed by atoms with Gasteiger partial charge in [-0.2, -0.15) is 0 Å². The van der Waals surface area contributed by atoms with Crippen molar-refractivity contribution < 1.29 is 39.9 Å². The highest BCUT2D eigenvalue weighted by Crippen LogP contribution is 2.55. The van der Waals surface area contributed by atoms with Crippen LogP contribution in [0.2, 0.25) is 0 Å². The second kappa shape index (κ2) is 9.83. The van der Waals surface area contributed by atoms with Crippen molar-refractivity contribution in [1.29, 1.82) is 0 Å². The molecule has 0 bridgehead atoms. The maximum absolute atomic E-state index is 14.1. The summed E-state index contributed by atoms with van der Waals surface area (Å²) < 4.78 is 0. The highest BCUT2D eigenvalue weighted by molar-refractivity contribution is 6.25. The molecule has 0 saturated heterocycles. The van der Waals surface area contributed by atoms with Gasteiger partial charge in [0.25, 0.3) is 5.91 Å². The molecule has 0 saturated carbocycles. The summed E-state index contributed by atoms with van der Waals surface area (Å²) >= 11 is 0. The summed E-state index contributed by atoms with van der Waals surface area (Å²) in [5, 5.41) is 60.4. The predicted molar refractivity (Wildman–Crippen MR) is 150 cm³/mol. The number of hydrogen-bond acceptors (Lipinski definition) is 11. The number of phenols is 1. The monoisotopic (exact) mass is 572 g/mol. The number of nitrogens with two attached hydrogens (primary N) is 1. The molecule has 1 amide bonds. The maximum atomic E-state index is 14.1. The highest BCUT2D eigenvalue weighted by atomic mass is 16.4. The van der Waals surface area contributed by atoms with Crippen LogP contribution in [0, 0.1) is 17.3 Å². The lowest BCUT2D eigenvalue weighted by Crippen LogP contribution is -2.69. The Morgan fingerprint density at radius 2 is 1.71 bits per heavy atom. The van der Waals surface area contributed by atoms with Crippen molar-refractivity contribution in [3.63, 3.8) is 0 Å². The third-order valence-electron chi connectivity index (χ3n) is 8.46. The highest BCUT2D eigenvalue weighted by Gasteiger charge is 2.68. The van der Waals surface area contributed by atoms with Crippen molar-refractivity contribution in [3.8, 4) is 5.75 Å². The molecular weight excluding hydrogens is 532 g/mol. The van der Waals surface area contributed by atoms with E-state index in [0.29, 0.717) is 23.4 Å². The summed E-state index contributed by atoms with van der Waals surface area (Å²) in [4.78, 5) is 42.7. The van der Waals surface area contributed by atoms with Crippen LogP contribution in [0.15, 0.2) is 28.7 Å². The van der Waals surface area contributed by atoms with Gasteiger partial charge in [-0.3, -0.25) is 19.3 Å². The zero-order valence-electron chi connectivity index (χ0n) is 24.5. The van der Waals surface area contributed by atoms with E-state index in [1.54, 1.807) is 25.1 Å². The van der Waals surface area contributed by atoms with Crippen molar-refractivity contribution in [3.05, 3.63) is 45.4 Å². The van der Waals surface area contributed by atoms with Crippen LogP contribution in [0.3, 0.4) is 0 Å². The van der Waals surface area contributed by atoms with Crippen LogP contribution in [-0.4, -0.2) is 94.0 Å². The number of aliphatic hydroxyl groups is 4. The van der Waals surface area contributed by atoms with Crippen LogP contribution in [0.4, 0.5) is 5.69 Å². The fourth-order valence-corrected chi connectivity index (χ4v) is 6.43. The van der Waals surface area contributed by atoms with Crippen LogP contribution in [0.1, 0.15) is 48.7 Å². The lowest BCUT2D eigenvalue weighted by molar-refractivity contribution is -0.201. The number of primary amides is 1. The Hall–Kier alpha value is -3.45. The summed E-state index contributed by atoms with van der Waals surface area (Å²) in [6.45, 7) is 7.06. The van der Waals surface area contributed by atoms with E-state index >= 15 is 0 Å². The van der Waals surface area contributed by atoms with Gasteiger partial charge < -0.3 is 41.5 Å². The molecule has 1 aromatic rings. The van der Waals surface area contributed by atoms with Crippen molar-refractivity contribution in [2.24, 2.45) is 23.0 Å². The Bertz CT molecular complexity index is 1410. The van der Waals surface area contributed by atoms with Gasteiger partial charge >= 0.3 is 0 Å². The molecule has 0 unspecified atom stereocenters. The Morgan fingerprint density at radius 1 is 1.10 bits per heavy atom. The summed E-state index contributed by atoms with van der Waals surface area (Å²) in [5.74, 6) is -8.33. The molecule has 1 aromatic carbocycles. The molecule has 0 heterocycles. The molecule has 0 aromatic heterocycles. The van der Waals surface area contributed by atoms with E-state index in [4.69, 9.17) is 5.73 Å². The molecule has 4 rings (SSSR count). The van der Waals surface area contributed by atoms with E-state index < -0.39 is 57.7 Å². The number of anilines is 1. The average Bonchev–Trinajstić information content (AvgIpc) is 2.84. The SMILES string of the molecule is CN(C)c1cc(CNCC(C)(C)C)c(O)c2c1C[C@H]1C[C@@H]3[C@@](O)(C(=O)C(C(N)=O)=C(O)[C@@]3(O)N(C)C)C(O)=C1C2=O. The zero-order valence-corrected chi connectivity index (χ0v) is 24.5. The Balaban J connectivity index is 1.93. The molecule has 0 radical (unpaired) electrons. The quantitative estimate of drug-likeness (QED) is 0.187. The number of ketones is 2. The maximum Gasteiger partial charge on any atom is 0.256 e. The number of phenolic OH excluding ortho intramolecular Hbond substituents is 1. The minimum absolute atomic E-state index is 0.0321. The zero-order chi connectivity index (χ0) is 31.0. The molecule has 41 heavy (non-hydrogen) atoms. The van der Waals surface area contributed by atoms with Crippen molar-refractivity contribution in [2.75, 3.05) is 39.6 Å². The topological polar surface area (TPSA) is 197 Å². The molecule has 12 heteroatoms.